The Hall–Kier alpha value is -2.60. The van der Waals surface area contributed by atoms with Gasteiger partial charge in [0.2, 0.25) is 5.91 Å². The summed E-state index contributed by atoms with van der Waals surface area (Å²) >= 11 is 1.42. The van der Waals surface area contributed by atoms with Crippen molar-refractivity contribution in [2.45, 2.75) is 44.6 Å². The molecule has 0 unspecified atom stereocenters. The third kappa shape index (κ3) is 4.39. The Morgan fingerprint density at radius 2 is 1.81 bits per heavy atom. The van der Waals surface area contributed by atoms with Gasteiger partial charge in [-0.3, -0.25) is 4.79 Å². The van der Waals surface area contributed by atoms with Crippen LogP contribution in [0.5, 0.6) is 0 Å². The van der Waals surface area contributed by atoms with E-state index in [0.29, 0.717) is 0 Å². The summed E-state index contributed by atoms with van der Waals surface area (Å²) in [6.07, 6.45) is 0. The molecule has 1 heterocycles. The molecule has 0 spiro atoms. The average Bonchev–Trinajstić information content (AvgIpc) is 3.06. The van der Waals surface area contributed by atoms with E-state index in [-0.39, 0.29) is 11.2 Å². The van der Waals surface area contributed by atoms with E-state index in [4.69, 9.17) is 0 Å². The predicted molar refractivity (Wildman–Crippen MR) is 111 cm³/mol. The molecule has 27 heavy (non-hydrogen) atoms. The molecular formula is C21H24N4OS. The quantitative estimate of drug-likeness (QED) is 0.630. The molecule has 0 bridgehead atoms. The molecule has 1 aromatic heterocycles. The number of anilines is 1. The van der Waals surface area contributed by atoms with Crippen molar-refractivity contribution < 1.29 is 4.79 Å². The molecule has 0 aliphatic heterocycles. The first-order valence-electron chi connectivity index (χ1n) is 9.03. The van der Waals surface area contributed by atoms with E-state index in [1.54, 1.807) is 0 Å². The van der Waals surface area contributed by atoms with E-state index >= 15 is 0 Å². The first-order chi connectivity index (χ1) is 13.0. The molecule has 1 amide bonds. The number of nitrogens with zero attached hydrogens (tertiary/aromatic N) is 3. The number of rotatable bonds is 6. The summed E-state index contributed by atoms with van der Waals surface area (Å²) < 4.78 is 2.06. The van der Waals surface area contributed by atoms with E-state index < -0.39 is 0 Å². The van der Waals surface area contributed by atoms with E-state index in [9.17, 15) is 4.79 Å². The Morgan fingerprint density at radius 1 is 1.11 bits per heavy atom. The van der Waals surface area contributed by atoms with Gasteiger partial charge >= 0.3 is 0 Å². The number of hydrogen-bond donors (Lipinski definition) is 1. The van der Waals surface area contributed by atoms with E-state index in [2.05, 4.69) is 40.0 Å². The third-order valence-electron chi connectivity index (χ3n) is 4.39. The Balaban J connectivity index is 1.76. The summed E-state index contributed by atoms with van der Waals surface area (Å²) in [4.78, 5) is 12.5. The maximum Gasteiger partial charge on any atom is 0.237 e. The van der Waals surface area contributed by atoms with Gasteiger partial charge in [0.1, 0.15) is 0 Å². The molecule has 0 fully saturated rings. The van der Waals surface area contributed by atoms with Crippen LogP contribution < -0.4 is 5.32 Å². The van der Waals surface area contributed by atoms with Gasteiger partial charge in [0.25, 0.3) is 0 Å². The Kier molecular flexibility index (Phi) is 5.96. The number of thioether (sulfide) groups is 1. The first-order valence-corrected chi connectivity index (χ1v) is 9.91. The van der Waals surface area contributed by atoms with Gasteiger partial charge in [-0.25, -0.2) is 0 Å². The Labute approximate surface area is 164 Å². The molecule has 6 heteroatoms. The molecule has 0 saturated carbocycles. The number of amides is 1. The van der Waals surface area contributed by atoms with Crippen molar-refractivity contribution in [3.05, 3.63) is 59.7 Å². The minimum absolute atomic E-state index is 0.0491. The zero-order valence-corrected chi connectivity index (χ0v) is 16.9. The zero-order chi connectivity index (χ0) is 19.4. The number of benzene rings is 2. The average molecular weight is 381 g/mol. The van der Waals surface area contributed by atoms with Crippen LogP contribution in [-0.2, 0) is 11.3 Å². The Morgan fingerprint density at radius 3 is 2.48 bits per heavy atom. The smallest absolute Gasteiger partial charge is 0.237 e. The van der Waals surface area contributed by atoms with Crippen LogP contribution in [0.15, 0.2) is 53.7 Å². The Bertz CT molecular complexity index is 934. The SMILES string of the molecule is CCn1c(S[C@H](C)C(=O)Nc2ccc(C)cc2)nnc1-c1ccccc1C. The standard InChI is InChI=1S/C21H24N4OS/c1-5-25-19(18-9-7-6-8-15(18)3)23-24-21(25)27-16(4)20(26)22-17-12-10-14(2)11-13-17/h6-13,16H,5H2,1-4H3,(H,22,26)/t16-/m1/s1. The monoisotopic (exact) mass is 380 g/mol. The molecule has 5 nitrogen and oxygen atoms in total. The maximum atomic E-state index is 12.5. The highest BCUT2D eigenvalue weighted by atomic mass is 32.2. The molecule has 0 aliphatic rings. The van der Waals surface area contributed by atoms with Crippen LogP contribution in [0.2, 0.25) is 0 Å². The van der Waals surface area contributed by atoms with Crippen molar-refractivity contribution in [3.63, 3.8) is 0 Å². The zero-order valence-electron chi connectivity index (χ0n) is 16.1. The molecule has 0 aliphatic carbocycles. The lowest BCUT2D eigenvalue weighted by atomic mass is 10.1. The molecular weight excluding hydrogens is 356 g/mol. The van der Waals surface area contributed by atoms with Crippen LogP contribution in [0, 0.1) is 13.8 Å². The number of hydrogen-bond acceptors (Lipinski definition) is 4. The van der Waals surface area contributed by atoms with Crippen LogP contribution in [0.4, 0.5) is 5.69 Å². The van der Waals surface area contributed by atoms with Gasteiger partial charge in [-0.15, -0.1) is 10.2 Å². The van der Waals surface area contributed by atoms with E-state index in [1.807, 2.05) is 56.3 Å². The van der Waals surface area contributed by atoms with E-state index in [1.165, 1.54) is 11.8 Å². The lowest BCUT2D eigenvalue weighted by molar-refractivity contribution is -0.115. The number of aromatic nitrogens is 3. The van der Waals surface area contributed by atoms with Crippen LogP contribution in [0.1, 0.15) is 25.0 Å². The van der Waals surface area contributed by atoms with Crippen LogP contribution in [-0.4, -0.2) is 25.9 Å². The summed E-state index contributed by atoms with van der Waals surface area (Å²) in [6, 6.07) is 15.9. The fourth-order valence-corrected chi connectivity index (χ4v) is 3.69. The van der Waals surface area contributed by atoms with Gasteiger partial charge < -0.3 is 9.88 Å². The van der Waals surface area contributed by atoms with Crippen LogP contribution in [0.25, 0.3) is 11.4 Å². The molecule has 140 valence electrons. The van der Waals surface area contributed by atoms with Crippen molar-refractivity contribution in [2.75, 3.05) is 5.32 Å². The minimum Gasteiger partial charge on any atom is -0.325 e. The second-order valence-corrected chi connectivity index (χ2v) is 7.79. The highest BCUT2D eigenvalue weighted by Crippen LogP contribution is 2.28. The molecule has 0 saturated heterocycles. The van der Waals surface area contributed by atoms with Crippen molar-refractivity contribution in [3.8, 4) is 11.4 Å². The van der Waals surface area contributed by atoms with Gasteiger partial charge in [-0.1, -0.05) is 53.7 Å². The fraction of sp³-hybridized carbons (Fsp3) is 0.286. The number of carbonyl (C=O) groups excluding carboxylic acids is 1. The largest absolute Gasteiger partial charge is 0.325 e. The molecule has 3 aromatic rings. The van der Waals surface area contributed by atoms with Crippen molar-refractivity contribution in [2.24, 2.45) is 0 Å². The second kappa shape index (κ2) is 8.39. The molecule has 2 aromatic carbocycles. The van der Waals surface area contributed by atoms with Gasteiger partial charge in [0.15, 0.2) is 11.0 Å². The molecule has 0 radical (unpaired) electrons. The lowest BCUT2D eigenvalue weighted by Gasteiger charge is -2.13. The fourth-order valence-electron chi connectivity index (χ4n) is 2.78. The number of aryl methyl sites for hydroxylation is 2. The van der Waals surface area contributed by atoms with Gasteiger partial charge in [0.05, 0.1) is 5.25 Å². The number of carbonyl (C=O) groups is 1. The highest BCUT2D eigenvalue weighted by Gasteiger charge is 2.21. The molecule has 1 atom stereocenters. The first kappa shape index (κ1) is 19.2. The highest BCUT2D eigenvalue weighted by molar-refractivity contribution is 8.00. The predicted octanol–water partition coefficient (Wildman–Crippen LogP) is 4.70. The summed E-state index contributed by atoms with van der Waals surface area (Å²) in [5.41, 5.74) is 4.18. The van der Waals surface area contributed by atoms with Gasteiger partial charge in [0, 0.05) is 17.8 Å². The number of nitrogens with one attached hydrogen (secondary N) is 1. The topological polar surface area (TPSA) is 59.8 Å². The van der Waals surface area contributed by atoms with Crippen molar-refractivity contribution in [1.82, 2.24) is 14.8 Å². The van der Waals surface area contributed by atoms with Gasteiger partial charge in [-0.2, -0.15) is 0 Å². The molecule has 3 rings (SSSR count). The summed E-state index contributed by atoms with van der Waals surface area (Å²) in [6.45, 7) is 8.77. The van der Waals surface area contributed by atoms with Crippen LogP contribution in [0.3, 0.4) is 0 Å². The summed E-state index contributed by atoms with van der Waals surface area (Å²) in [5.74, 6) is 0.788. The third-order valence-corrected chi connectivity index (χ3v) is 5.47. The maximum absolute atomic E-state index is 12.5. The van der Waals surface area contributed by atoms with Gasteiger partial charge in [-0.05, 0) is 45.4 Å². The summed E-state index contributed by atoms with van der Waals surface area (Å²) in [7, 11) is 0. The summed E-state index contributed by atoms with van der Waals surface area (Å²) in [5, 5.41) is 12.1. The van der Waals surface area contributed by atoms with Crippen molar-refractivity contribution >= 4 is 23.4 Å². The van der Waals surface area contributed by atoms with E-state index in [0.717, 1.165) is 39.9 Å². The second-order valence-electron chi connectivity index (χ2n) is 6.48. The normalized spacial score (nSPS) is 12.0. The molecule has 1 N–H and O–H groups in total. The van der Waals surface area contributed by atoms with Crippen LogP contribution >= 0.6 is 11.8 Å². The van der Waals surface area contributed by atoms with Crippen molar-refractivity contribution in [1.29, 1.82) is 0 Å². The lowest BCUT2D eigenvalue weighted by Crippen LogP contribution is -2.22. The minimum atomic E-state index is -0.287.